The number of rotatable bonds is 5. The average molecular weight is 332 g/mol. The summed E-state index contributed by atoms with van der Waals surface area (Å²) in [7, 11) is 3.45. The maximum atomic E-state index is 12.5. The fourth-order valence-electron chi connectivity index (χ4n) is 2.97. The van der Waals surface area contributed by atoms with Gasteiger partial charge in [-0.25, -0.2) is 0 Å². The SMILES string of the molecule is Cc1ccc(C(C)C)cc1OCC(=O)N1CCCC1C(=O)N(C)C. The second-order valence-electron chi connectivity index (χ2n) is 6.95. The number of carbonyl (C=O) groups is 2. The normalized spacial score (nSPS) is 17.2. The molecule has 2 amide bonds. The molecule has 1 aromatic rings. The third-order valence-electron chi connectivity index (χ3n) is 4.53. The smallest absolute Gasteiger partial charge is 0.261 e. The number of benzene rings is 1. The van der Waals surface area contributed by atoms with E-state index in [4.69, 9.17) is 4.74 Å². The quantitative estimate of drug-likeness (QED) is 0.833. The van der Waals surface area contributed by atoms with Crippen molar-refractivity contribution in [3.8, 4) is 5.75 Å². The summed E-state index contributed by atoms with van der Waals surface area (Å²) < 4.78 is 5.77. The van der Waals surface area contributed by atoms with E-state index < -0.39 is 0 Å². The maximum Gasteiger partial charge on any atom is 0.261 e. The Morgan fingerprint density at radius 1 is 1.33 bits per heavy atom. The van der Waals surface area contributed by atoms with Crippen LogP contribution >= 0.6 is 0 Å². The fraction of sp³-hybridized carbons (Fsp3) is 0.579. The minimum absolute atomic E-state index is 0.0150. The number of amides is 2. The Balaban J connectivity index is 2.03. The molecule has 0 bridgehead atoms. The Morgan fingerprint density at radius 3 is 2.67 bits per heavy atom. The van der Waals surface area contributed by atoms with E-state index in [1.165, 1.54) is 5.56 Å². The summed E-state index contributed by atoms with van der Waals surface area (Å²) in [6.07, 6.45) is 1.59. The van der Waals surface area contributed by atoms with Gasteiger partial charge in [0.15, 0.2) is 6.61 Å². The van der Waals surface area contributed by atoms with Crippen LogP contribution in [0.25, 0.3) is 0 Å². The van der Waals surface area contributed by atoms with Gasteiger partial charge in [-0.15, -0.1) is 0 Å². The van der Waals surface area contributed by atoms with Gasteiger partial charge in [0.05, 0.1) is 0 Å². The number of nitrogens with zero attached hydrogens (tertiary/aromatic N) is 2. The van der Waals surface area contributed by atoms with Crippen molar-refractivity contribution in [1.82, 2.24) is 9.80 Å². The van der Waals surface area contributed by atoms with Crippen molar-refractivity contribution in [3.05, 3.63) is 29.3 Å². The first-order chi connectivity index (χ1) is 11.3. The van der Waals surface area contributed by atoms with Gasteiger partial charge in [-0.05, 0) is 42.9 Å². The van der Waals surface area contributed by atoms with Crippen molar-refractivity contribution in [3.63, 3.8) is 0 Å². The number of hydrogen-bond donors (Lipinski definition) is 0. The lowest BCUT2D eigenvalue weighted by Gasteiger charge is -2.26. The van der Waals surface area contributed by atoms with Gasteiger partial charge in [0.2, 0.25) is 5.91 Å². The molecule has 1 heterocycles. The summed E-state index contributed by atoms with van der Waals surface area (Å²) in [5.41, 5.74) is 2.19. The van der Waals surface area contributed by atoms with Crippen LogP contribution in [0.2, 0.25) is 0 Å². The first-order valence-corrected chi connectivity index (χ1v) is 8.55. The van der Waals surface area contributed by atoms with Crippen LogP contribution in [-0.2, 0) is 9.59 Å². The van der Waals surface area contributed by atoms with E-state index in [0.29, 0.717) is 12.5 Å². The second kappa shape index (κ2) is 7.69. The molecule has 24 heavy (non-hydrogen) atoms. The molecule has 0 radical (unpaired) electrons. The molecule has 1 aromatic carbocycles. The molecule has 0 aliphatic carbocycles. The minimum atomic E-state index is -0.348. The number of aryl methyl sites for hydroxylation is 1. The van der Waals surface area contributed by atoms with Gasteiger partial charge in [-0.1, -0.05) is 26.0 Å². The van der Waals surface area contributed by atoms with Crippen LogP contribution in [0.15, 0.2) is 18.2 Å². The van der Waals surface area contributed by atoms with Gasteiger partial charge in [-0.3, -0.25) is 9.59 Å². The number of ether oxygens (including phenoxy) is 1. The summed E-state index contributed by atoms with van der Waals surface area (Å²) in [6.45, 7) is 6.82. The zero-order valence-corrected chi connectivity index (χ0v) is 15.3. The van der Waals surface area contributed by atoms with Crippen molar-refractivity contribution < 1.29 is 14.3 Å². The molecule has 1 fully saturated rings. The van der Waals surface area contributed by atoms with Crippen molar-refractivity contribution >= 4 is 11.8 Å². The lowest BCUT2D eigenvalue weighted by Crippen LogP contribution is -2.47. The van der Waals surface area contributed by atoms with Crippen LogP contribution in [-0.4, -0.2) is 54.9 Å². The molecule has 0 aromatic heterocycles. The summed E-state index contributed by atoms with van der Waals surface area (Å²) in [5.74, 6) is 1.01. The predicted octanol–water partition coefficient (Wildman–Crippen LogP) is 2.58. The highest BCUT2D eigenvalue weighted by Crippen LogP contribution is 2.25. The van der Waals surface area contributed by atoms with E-state index in [1.807, 2.05) is 19.1 Å². The molecular formula is C19H28N2O3. The van der Waals surface area contributed by atoms with Crippen LogP contribution in [0, 0.1) is 6.92 Å². The largest absolute Gasteiger partial charge is 0.483 e. The first-order valence-electron chi connectivity index (χ1n) is 8.55. The summed E-state index contributed by atoms with van der Waals surface area (Å²) in [5, 5.41) is 0. The van der Waals surface area contributed by atoms with Crippen LogP contribution in [0.1, 0.15) is 43.7 Å². The molecule has 5 nitrogen and oxygen atoms in total. The average Bonchev–Trinajstić information content (AvgIpc) is 3.02. The topological polar surface area (TPSA) is 49.9 Å². The highest BCUT2D eigenvalue weighted by molar-refractivity contribution is 5.88. The van der Waals surface area contributed by atoms with Gasteiger partial charge >= 0.3 is 0 Å². The molecular weight excluding hydrogens is 304 g/mol. The van der Waals surface area contributed by atoms with Crippen LogP contribution in [0.5, 0.6) is 5.75 Å². The van der Waals surface area contributed by atoms with Crippen molar-refractivity contribution in [2.24, 2.45) is 0 Å². The Morgan fingerprint density at radius 2 is 2.04 bits per heavy atom. The molecule has 1 saturated heterocycles. The van der Waals surface area contributed by atoms with Crippen LogP contribution in [0.3, 0.4) is 0 Å². The molecule has 1 atom stereocenters. The molecule has 1 aliphatic heterocycles. The standard InChI is InChI=1S/C19H28N2O3/c1-13(2)15-9-8-14(3)17(11-15)24-12-18(22)21-10-6-7-16(21)19(23)20(4)5/h8-9,11,13,16H,6-7,10,12H2,1-5H3. The van der Waals surface area contributed by atoms with Gasteiger partial charge in [0.1, 0.15) is 11.8 Å². The third kappa shape index (κ3) is 4.08. The summed E-state index contributed by atoms with van der Waals surface area (Å²) in [6, 6.07) is 5.75. The molecule has 5 heteroatoms. The van der Waals surface area contributed by atoms with Gasteiger partial charge < -0.3 is 14.5 Å². The van der Waals surface area contributed by atoms with Gasteiger partial charge in [-0.2, -0.15) is 0 Å². The highest BCUT2D eigenvalue weighted by atomic mass is 16.5. The Kier molecular flexibility index (Phi) is 5.86. The molecule has 0 saturated carbocycles. The molecule has 132 valence electrons. The summed E-state index contributed by atoms with van der Waals surface area (Å²) in [4.78, 5) is 27.9. The molecule has 0 N–H and O–H groups in total. The van der Waals surface area contributed by atoms with Crippen molar-refractivity contribution in [1.29, 1.82) is 0 Å². The molecule has 1 unspecified atom stereocenters. The number of carbonyl (C=O) groups excluding carboxylic acids is 2. The van der Waals surface area contributed by atoms with E-state index in [-0.39, 0.29) is 24.5 Å². The van der Waals surface area contributed by atoms with E-state index in [0.717, 1.165) is 24.2 Å². The van der Waals surface area contributed by atoms with Gasteiger partial charge in [0, 0.05) is 20.6 Å². The number of likely N-dealkylation sites (tertiary alicyclic amines) is 1. The van der Waals surface area contributed by atoms with Crippen molar-refractivity contribution in [2.75, 3.05) is 27.2 Å². The zero-order valence-electron chi connectivity index (χ0n) is 15.3. The Bertz CT molecular complexity index is 611. The molecule has 2 rings (SSSR count). The Hall–Kier alpha value is -2.04. The second-order valence-corrected chi connectivity index (χ2v) is 6.95. The Labute approximate surface area is 144 Å². The minimum Gasteiger partial charge on any atom is -0.483 e. The lowest BCUT2D eigenvalue weighted by atomic mass is 10.0. The van der Waals surface area contributed by atoms with E-state index in [9.17, 15) is 9.59 Å². The van der Waals surface area contributed by atoms with Crippen molar-refractivity contribution in [2.45, 2.75) is 45.6 Å². The van der Waals surface area contributed by atoms with Crippen LogP contribution in [0.4, 0.5) is 0 Å². The number of likely N-dealkylation sites (N-methyl/N-ethyl adjacent to an activating group) is 1. The summed E-state index contributed by atoms with van der Waals surface area (Å²) >= 11 is 0. The van der Waals surface area contributed by atoms with E-state index >= 15 is 0 Å². The van der Waals surface area contributed by atoms with E-state index in [2.05, 4.69) is 19.9 Å². The monoisotopic (exact) mass is 332 g/mol. The molecule has 1 aliphatic rings. The third-order valence-corrected chi connectivity index (χ3v) is 4.53. The van der Waals surface area contributed by atoms with Crippen LogP contribution < -0.4 is 4.74 Å². The van der Waals surface area contributed by atoms with E-state index in [1.54, 1.807) is 23.9 Å². The lowest BCUT2D eigenvalue weighted by molar-refractivity contribution is -0.143. The maximum absolute atomic E-state index is 12.5. The first kappa shape index (κ1) is 18.3. The molecule has 0 spiro atoms. The predicted molar refractivity (Wildman–Crippen MR) is 94.2 cm³/mol. The fourth-order valence-corrected chi connectivity index (χ4v) is 2.97. The zero-order chi connectivity index (χ0) is 17.9. The van der Waals surface area contributed by atoms with Gasteiger partial charge in [0.25, 0.3) is 5.91 Å². The number of hydrogen-bond acceptors (Lipinski definition) is 3. The highest BCUT2D eigenvalue weighted by Gasteiger charge is 2.34.